The molecule has 3 rings (SSSR count). The van der Waals surface area contributed by atoms with Gasteiger partial charge in [-0.15, -0.1) is 0 Å². The van der Waals surface area contributed by atoms with Crippen LogP contribution in [0.15, 0.2) is 53.4 Å². The lowest BCUT2D eigenvalue weighted by Crippen LogP contribution is -2.06. The van der Waals surface area contributed by atoms with Crippen LogP contribution in [0.5, 0.6) is 0 Å². The molecule has 0 saturated heterocycles. The largest absolute Gasteiger partial charge is 0.252 e. The monoisotopic (exact) mass is 329 g/mol. The second-order valence-electron chi connectivity index (χ2n) is 5.42. The zero-order valence-corrected chi connectivity index (χ0v) is 13.7. The van der Waals surface area contributed by atoms with Crippen LogP contribution in [0.25, 0.3) is 22.0 Å². The van der Waals surface area contributed by atoms with E-state index in [1.807, 2.05) is 37.3 Å². The topological polar surface area (TPSA) is 47.0 Å². The van der Waals surface area contributed by atoms with Crippen LogP contribution < -0.4 is 0 Å². The van der Waals surface area contributed by atoms with Gasteiger partial charge in [0.2, 0.25) is 0 Å². The van der Waals surface area contributed by atoms with Gasteiger partial charge in [-0.25, -0.2) is 12.8 Å². The van der Waals surface area contributed by atoms with E-state index in [2.05, 4.69) is 4.98 Å². The summed E-state index contributed by atoms with van der Waals surface area (Å²) in [5.41, 5.74) is 2.51. The van der Waals surface area contributed by atoms with Gasteiger partial charge in [0, 0.05) is 22.9 Å². The molecule has 0 aliphatic carbocycles. The first-order valence-corrected chi connectivity index (χ1v) is 9.18. The fourth-order valence-electron chi connectivity index (χ4n) is 2.80. The normalized spacial score (nSPS) is 11.8. The minimum absolute atomic E-state index is 0.144. The lowest BCUT2D eigenvalue weighted by Gasteiger charge is -2.16. The van der Waals surface area contributed by atoms with Crippen molar-refractivity contribution < 1.29 is 12.8 Å². The molecule has 0 bridgehead atoms. The average molecular weight is 329 g/mol. The maximum Gasteiger partial charge on any atom is 0.176 e. The van der Waals surface area contributed by atoms with Crippen LogP contribution in [0.2, 0.25) is 0 Å². The van der Waals surface area contributed by atoms with E-state index in [0.717, 1.165) is 11.8 Å². The number of pyridine rings is 1. The Bertz CT molecular complexity index is 983. The lowest BCUT2D eigenvalue weighted by molar-refractivity contribution is 0.602. The Morgan fingerprint density at radius 2 is 1.78 bits per heavy atom. The van der Waals surface area contributed by atoms with E-state index in [1.165, 1.54) is 18.2 Å². The zero-order valence-electron chi connectivity index (χ0n) is 12.9. The van der Waals surface area contributed by atoms with Crippen molar-refractivity contribution in [1.82, 2.24) is 4.98 Å². The summed E-state index contributed by atoms with van der Waals surface area (Å²) in [4.78, 5) is 4.70. The molecule has 0 aliphatic rings. The summed E-state index contributed by atoms with van der Waals surface area (Å²) in [7, 11) is -3.56. The van der Waals surface area contributed by atoms with Crippen LogP contribution in [-0.2, 0) is 16.3 Å². The zero-order chi connectivity index (χ0) is 16.6. The predicted molar refractivity (Wildman–Crippen MR) is 89.6 cm³/mol. The first kappa shape index (κ1) is 15.6. The Labute approximate surface area is 134 Å². The molecule has 0 aliphatic heterocycles. The molecule has 0 saturated carbocycles. The molecule has 0 atom stereocenters. The molecule has 2 aromatic carbocycles. The minimum Gasteiger partial charge on any atom is -0.252 e. The van der Waals surface area contributed by atoms with Gasteiger partial charge in [0.1, 0.15) is 5.82 Å². The molecular weight excluding hydrogens is 313 g/mol. The van der Waals surface area contributed by atoms with E-state index >= 15 is 0 Å². The summed E-state index contributed by atoms with van der Waals surface area (Å²) in [6, 6.07) is 13.3. The molecule has 0 spiro atoms. The number of aryl methyl sites for hydroxylation is 1. The molecule has 0 unspecified atom stereocenters. The second kappa shape index (κ2) is 5.74. The van der Waals surface area contributed by atoms with Gasteiger partial charge in [-0.2, -0.15) is 0 Å². The highest BCUT2D eigenvalue weighted by Crippen LogP contribution is 2.36. The van der Waals surface area contributed by atoms with Gasteiger partial charge < -0.3 is 0 Å². The number of halogens is 1. The molecule has 3 nitrogen and oxygen atoms in total. The molecule has 1 heterocycles. The van der Waals surface area contributed by atoms with Crippen LogP contribution in [0.1, 0.15) is 12.6 Å². The summed E-state index contributed by atoms with van der Waals surface area (Å²) < 4.78 is 38.6. The predicted octanol–water partition coefficient (Wildman–Crippen LogP) is 4.01. The number of benzene rings is 2. The van der Waals surface area contributed by atoms with Crippen LogP contribution in [0.3, 0.4) is 0 Å². The SMILES string of the molecule is CCc1nc2ccc(F)cc2c(S(C)(=O)=O)c1-c1ccccc1. The molecule has 0 amide bonds. The number of sulfone groups is 1. The quantitative estimate of drug-likeness (QED) is 0.729. The van der Waals surface area contributed by atoms with Gasteiger partial charge in [0.05, 0.1) is 10.4 Å². The average Bonchev–Trinajstić information content (AvgIpc) is 2.52. The number of fused-ring (bicyclic) bond motifs is 1. The summed E-state index contributed by atoms with van der Waals surface area (Å²) in [5, 5.41) is 0.323. The van der Waals surface area contributed by atoms with Gasteiger partial charge in [-0.05, 0) is 30.2 Å². The molecule has 23 heavy (non-hydrogen) atoms. The van der Waals surface area contributed by atoms with Crippen LogP contribution in [-0.4, -0.2) is 19.7 Å². The minimum atomic E-state index is -3.56. The first-order chi connectivity index (χ1) is 10.9. The van der Waals surface area contributed by atoms with Crippen LogP contribution in [0, 0.1) is 5.82 Å². The third-order valence-electron chi connectivity index (χ3n) is 3.74. The van der Waals surface area contributed by atoms with Crippen LogP contribution >= 0.6 is 0 Å². The van der Waals surface area contributed by atoms with E-state index < -0.39 is 15.7 Å². The van der Waals surface area contributed by atoms with Crippen molar-refractivity contribution in [2.24, 2.45) is 0 Å². The number of nitrogens with zero attached hydrogens (tertiary/aromatic N) is 1. The Balaban J connectivity index is 2.55. The Morgan fingerprint density at radius 3 is 2.39 bits per heavy atom. The highest BCUT2D eigenvalue weighted by molar-refractivity contribution is 7.91. The van der Waals surface area contributed by atoms with E-state index in [1.54, 1.807) is 0 Å². The van der Waals surface area contributed by atoms with Crippen molar-refractivity contribution in [2.45, 2.75) is 18.2 Å². The standard InChI is InChI=1S/C18H16FNO2S/c1-3-15-17(12-7-5-4-6-8-12)18(23(2,21)22)14-11-13(19)9-10-16(14)20-15/h4-11H,3H2,1-2H3. The highest BCUT2D eigenvalue weighted by atomic mass is 32.2. The summed E-state index contributed by atoms with van der Waals surface area (Å²) >= 11 is 0. The van der Waals surface area contributed by atoms with Crippen LogP contribution in [0.4, 0.5) is 4.39 Å². The van der Waals surface area contributed by atoms with Gasteiger partial charge in [0.25, 0.3) is 0 Å². The van der Waals surface area contributed by atoms with E-state index in [-0.39, 0.29) is 4.90 Å². The number of rotatable bonds is 3. The number of aromatic nitrogens is 1. The molecular formula is C18H16FNO2S. The fourth-order valence-corrected chi connectivity index (χ4v) is 3.97. The molecule has 3 aromatic rings. The Kier molecular flexibility index (Phi) is 3.90. The summed E-state index contributed by atoms with van der Waals surface area (Å²) in [5.74, 6) is -0.479. The lowest BCUT2D eigenvalue weighted by atomic mass is 10.00. The van der Waals surface area contributed by atoms with Crippen molar-refractivity contribution in [3.05, 3.63) is 60.0 Å². The maximum absolute atomic E-state index is 13.7. The van der Waals surface area contributed by atoms with Gasteiger partial charge in [-0.3, -0.25) is 4.98 Å². The third-order valence-corrected chi connectivity index (χ3v) is 4.91. The van der Waals surface area contributed by atoms with Gasteiger partial charge >= 0.3 is 0 Å². The van der Waals surface area contributed by atoms with Crippen molar-refractivity contribution >= 4 is 20.7 Å². The van der Waals surface area contributed by atoms with Crippen molar-refractivity contribution in [2.75, 3.05) is 6.26 Å². The van der Waals surface area contributed by atoms with E-state index in [4.69, 9.17) is 0 Å². The smallest absolute Gasteiger partial charge is 0.176 e. The summed E-state index contributed by atoms with van der Waals surface area (Å²) in [6.07, 6.45) is 1.73. The maximum atomic E-state index is 13.7. The molecule has 0 fully saturated rings. The third kappa shape index (κ3) is 2.84. The van der Waals surface area contributed by atoms with Crippen molar-refractivity contribution in [3.8, 4) is 11.1 Å². The number of hydrogen-bond acceptors (Lipinski definition) is 3. The summed E-state index contributed by atoms with van der Waals surface area (Å²) in [6.45, 7) is 1.93. The molecule has 0 N–H and O–H groups in total. The van der Waals surface area contributed by atoms with Gasteiger partial charge in [0.15, 0.2) is 9.84 Å². The fraction of sp³-hybridized carbons (Fsp3) is 0.167. The highest BCUT2D eigenvalue weighted by Gasteiger charge is 2.23. The Hall–Kier alpha value is -2.27. The van der Waals surface area contributed by atoms with E-state index in [0.29, 0.717) is 28.6 Å². The van der Waals surface area contributed by atoms with Gasteiger partial charge in [-0.1, -0.05) is 37.3 Å². The van der Waals surface area contributed by atoms with Crippen molar-refractivity contribution in [3.63, 3.8) is 0 Å². The van der Waals surface area contributed by atoms with Crippen molar-refractivity contribution in [1.29, 1.82) is 0 Å². The molecule has 0 radical (unpaired) electrons. The second-order valence-corrected chi connectivity index (χ2v) is 7.37. The first-order valence-electron chi connectivity index (χ1n) is 7.29. The molecule has 5 heteroatoms. The molecule has 118 valence electrons. The molecule has 1 aromatic heterocycles. The Morgan fingerprint density at radius 1 is 1.09 bits per heavy atom. The number of hydrogen-bond donors (Lipinski definition) is 0. The van der Waals surface area contributed by atoms with E-state index in [9.17, 15) is 12.8 Å².